The van der Waals surface area contributed by atoms with Gasteiger partial charge in [-0.1, -0.05) is 0 Å². The molecule has 11 heteroatoms. The second-order valence-corrected chi connectivity index (χ2v) is 5.67. The van der Waals surface area contributed by atoms with Gasteiger partial charge in [0.05, 0.1) is 6.61 Å². The fourth-order valence-electron chi connectivity index (χ4n) is 1.44. The van der Waals surface area contributed by atoms with Crippen molar-refractivity contribution in [2.75, 3.05) is 25.3 Å². The van der Waals surface area contributed by atoms with E-state index in [1.807, 2.05) is 0 Å². The van der Waals surface area contributed by atoms with Crippen molar-refractivity contribution in [3.05, 3.63) is 24.5 Å². The van der Waals surface area contributed by atoms with Gasteiger partial charge in [0.15, 0.2) is 5.82 Å². The summed E-state index contributed by atoms with van der Waals surface area (Å²) in [5.41, 5.74) is 6.29. The first-order chi connectivity index (χ1) is 10.4. The highest BCUT2D eigenvalue weighted by atomic mass is 31.2. The number of pyridine rings is 1. The van der Waals surface area contributed by atoms with E-state index >= 15 is 0 Å². The summed E-state index contributed by atoms with van der Waals surface area (Å²) < 4.78 is 20.6. The Hall–Kier alpha value is -2.13. The summed E-state index contributed by atoms with van der Waals surface area (Å²) in [6, 6.07) is 3.42. The third-order valence-electron chi connectivity index (χ3n) is 2.29. The number of anilines is 1. The van der Waals surface area contributed by atoms with E-state index in [2.05, 4.69) is 19.9 Å². The molecule has 2 heterocycles. The summed E-state index contributed by atoms with van der Waals surface area (Å²) in [7, 11) is -4.18. The lowest BCUT2D eigenvalue weighted by atomic mass is 10.2. The van der Waals surface area contributed by atoms with Gasteiger partial charge in [-0.15, -0.1) is 0 Å². The molecule has 0 saturated carbocycles. The Labute approximate surface area is 125 Å². The van der Waals surface area contributed by atoms with Crippen LogP contribution in [-0.2, 0) is 9.30 Å². The average Bonchev–Trinajstić information content (AvgIpc) is 2.46. The Kier molecular flexibility index (Phi) is 5.34. The van der Waals surface area contributed by atoms with Crippen molar-refractivity contribution in [1.29, 1.82) is 0 Å². The maximum absolute atomic E-state index is 10.6. The summed E-state index contributed by atoms with van der Waals surface area (Å²) in [6.45, 7) is -0.0134. The largest absolute Gasteiger partial charge is 0.461 e. The van der Waals surface area contributed by atoms with Gasteiger partial charge in [-0.05, 0) is 12.1 Å². The number of nitrogen functional groups attached to an aromatic ring is 1. The van der Waals surface area contributed by atoms with Crippen LogP contribution in [0.25, 0.3) is 11.4 Å². The third kappa shape index (κ3) is 5.34. The molecular formula is C11H14N5O5P. The van der Waals surface area contributed by atoms with E-state index in [0.717, 1.165) is 0 Å². The zero-order chi connectivity index (χ0) is 16.0. The molecule has 0 bridgehead atoms. The maximum Gasteiger partial charge on any atom is 0.350 e. The van der Waals surface area contributed by atoms with Crippen molar-refractivity contribution in [2.24, 2.45) is 0 Å². The van der Waals surface area contributed by atoms with Crippen LogP contribution in [0.4, 0.5) is 5.95 Å². The maximum atomic E-state index is 10.6. The molecule has 0 radical (unpaired) electrons. The highest BCUT2D eigenvalue weighted by molar-refractivity contribution is 7.51. The highest BCUT2D eigenvalue weighted by Crippen LogP contribution is 2.33. The number of rotatable bonds is 7. The summed E-state index contributed by atoms with van der Waals surface area (Å²) in [5.74, 6) is 0.328. The monoisotopic (exact) mass is 327 g/mol. The summed E-state index contributed by atoms with van der Waals surface area (Å²) in [4.78, 5) is 33.0. The van der Waals surface area contributed by atoms with E-state index in [-0.39, 0.29) is 25.2 Å². The van der Waals surface area contributed by atoms with E-state index in [9.17, 15) is 4.57 Å². The number of nitrogens with two attached hydrogens (primary N) is 1. The van der Waals surface area contributed by atoms with Crippen LogP contribution in [0.1, 0.15) is 0 Å². The minimum Gasteiger partial charge on any atom is -0.461 e. The molecule has 2 aromatic rings. The van der Waals surface area contributed by atoms with Gasteiger partial charge >= 0.3 is 13.6 Å². The summed E-state index contributed by atoms with van der Waals surface area (Å²) in [6.07, 6.45) is 2.51. The minimum absolute atomic E-state index is 0.000841. The predicted octanol–water partition coefficient (Wildman–Crippen LogP) is 0.0464. The van der Waals surface area contributed by atoms with Crippen LogP contribution in [0.15, 0.2) is 24.5 Å². The van der Waals surface area contributed by atoms with Gasteiger partial charge < -0.3 is 25.0 Å². The molecule has 2 rings (SSSR count). The molecule has 0 amide bonds. The lowest BCUT2D eigenvalue weighted by Gasteiger charge is -2.08. The van der Waals surface area contributed by atoms with Crippen molar-refractivity contribution in [1.82, 2.24) is 19.9 Å². The van der Waals surface area contributed by atoms with Crippen LogP contribution in [0.2, 0.25) is 0 Å². The fourth-order valence-corrected chi connectivity index (χ4v) is 1.81. The van der Waals surface area contributed by atoms with Crippen LogP contribution in [-0.4, -0.2) is 49.3 Å². The zero-order valence-electron chi connectivity index (χ0n) is 11.4. The summed E-state index contributed by atoms with van der Waals surface area (Å²) >= 11 is 0. The van der Waals surface area contributed by atoms with Gasteiger partial charge in [-0.2, -0.15) is 15.0 Å². The topological polar surface area (TPSA) is 154 Å². The SMILES string of the molecule is Nc1nc(OCCOCP(=O)(O)O)nc(-c2ccncc2)n1. The van der Waals surface area contributed by atoms with Crippen LogP contribution in [0.3, 0.4) is 0 Å². The molecule has 0 aromatic carbocycles. The minimum atomic E-state index is -4.18. The first-order valence-corrected chi connectivity index (χ1v) is 7.91. The second-order valence-electron chi connectivity index (χ2n) is 4.09. The van der Waals surface area contributed by atoms with Crippen molar-refractivity contribution >= 4 is 13.5 Å². The molecule has 0 fully saturated rings. The lowest BCUT2D eigenvalue weighted by Crippen LogP contribution is -2.11. The second kappa shape index (κ2) is 7.23. The van der Waals surface area contributed by atoms with Crippen molar-refractivity contribution < 1.29 is 23.8 Å². The Morgan fingerprint density at radius 1 is 1.14 bits per heavy atom. The molecule has 4 N–H and O–H groups in total. The lowest BCUT2D eigenvalue weighted by molar-refractivity contribution is 0.115. The highest BCUT2D eigenvalue weighted by Gasteiger charge is 2.12. The van der Waals surface area contributed by atoms with Crippen LogP contribution in [0.5, 0.6) is 6.01 Å². The Bertz CT molecular complexity index is 665. The van der Waals surface area contributed by atoms with Gasteiger partial charge in [-0.25, -0.2) is 0 Å². The molecule has 2 aromatic heterocycles. The third-order valence-corrected chi connectivity index (χ3v) is 2.81. The summed E-state index contributed by atoms with van der Waals surface area (Å²) in [5, 5.41) is 0. The molecular weight excluding hydrogens is 313 g/mol. The average molecular weight is 327 g/mol. The van der Waals surface area contributed by atoms with E-state index in [0.29, 0.717) is 11.4 Å². The van der Waals surface area contributed by atoms with Crippen molar-refractivity contribution in [3.8, 4) is 17.4 Å². The molecule has 0 aliphatic heterocycles. The normalized spacial score (nSPS) is 11.4. The smallest absolute Gasteiger partial charge is 0.350 e. The molecule has 0 atom stereocenters. The first kappa shape index (κ1) is 16.2. The number of nitrogens with zero attached hydrogens (tertiary/aromatic N) is 4. The Balaban J connectivity index is 1.95. The predicted molar refractivity (Wildman–Crippen MR) is 75.8 cm³/mol. The van der Waals surface area contributed by atoms with Gasteiger partial charge in [0.25, 0.3) is 0 Å². The van der Waals surface area contributed by atoms with Gasteiger partial charge in [0.1, 0.15) is 13.0 Å². The quantitative estimate of drug-likeness (QED) is 0.469. The Morgan fingerprint density at radius 3 is 2.55 bits per heavy atom. The Morgan fingerprint density at radius 2 is 1.86 bits per heavy atom. The number of ether oxygens (including phenoxy) is 2. The van der Waals surface area contributed by atoms with Gasteiger partial charge in [0.2, 0.25) is 5.95 Å². The van der Waals surface area contributed by atoms with E-state index < -0.39 is 13.9 Å². The molecule has 0 aliphatic rings. The van der Waals surface area contributed by atoms with E-state index in [4.69, 9.17) is 25.0 Å². The molecule has 10 nitrogen and oxygen atoms in total. The van der Waals surface area contributed by atoms with Gasteiger partial charge in [-0.3, -0.25) is 9.55 Å². The van der Waals surface area contributed by atoms with Crippen LogP contribution in [0, 0.1) is 0 Å². The molecule has 0 unspecified atom stereocenters. The van der Waals surface area contributed by atoms with E-state index in [1.165, 1.54) is 0 Å². The van der Waals surface area contributed by atoms with Crippen LogP contribution < -0.4 is 10.5 Å². The van der Waals surface area contributed by atoms with Crippen molar-refractivity contribution in [3.63, 3.8) is 0 Å². The number of aromatic nitrogens is 4. The molecule has 0 saturated heterocycles. The molecule has 0 spiro atoms. The molecule has 22 heavy (non-hydrogen) atoms. The molecule has 0 aliphatic carbocycles. The number of hydrogen-bond acceptors (Lipinski definition) is 8. The van der Waals surface area contributed by atoms with Crippen molar-refractivity contribution in [2.45, 2.75) is 0 Å². The standard InChI is InChI=1S/C11H14N5O5P/c12-10-14-9(8-1-3-13-4-2-8)15-11(16-10)21-6-5-20-7-22(17,18)19/h1-4H,5-7H2,(H2,17,18,19)(H2,12,14,15,16). The zero-order valence-corrected chi connectivity index (χ0v) is 12.3. The fraction of sp³-hybridized carbons (Fsp3) is 0.273. The van der Waals surface area contributed by atoms with Gasteiger partial charge in [0, 0.05) is 18.0 Å². The molecule has 118 valence electrons. The number of hydrogen-bond donors (Lipinski definition) is 3. The first-order valence-electron chi connectivity index (χ1n) is 6.11. The van der Waals surface area contributed by atoms with E-state index in [1.54, 1.807) is 24.5 Å². The van der Waals surface area contributed by atoms with Crippen LogP contribution >= 0.6 is 7.60 Å².